The number of alkyl halides is 3. The maximum atomic E-state index is 12.2. The molecule has 1 amide bonds. The van der Waals surface area contributed by atoms with Gasteiger partial charge in [-0.05, 0) is 12.1 Å². The zero-order valence-corrected chi connectivity index (χ0v) is 11.0. The van der Waals surface area contributed by atoms with Crippen molar-refractivity contribution in [1.29, 1.82) is 0 Å². The van der Waals surface area contributed by atoms with Crippen molar-refractivity contribution >= 4 is 11.6 Å². The highest BCUT2D eigenvalue weighted by Gasteiger charge is 2.42. The van der Waals surface area contributed by atoms with E-state index in [1.54, 1.807) is 24.3 Å². The van der Waals surface area contributed by atoms with Crippen LogP contribution in [-0.2, 0) is 4.84 Å². The van der Waals surface area contributed by atoms with Crippen molar-refractivity contribution in [2.24, 2.45) is 0 Å². The van der Waals surface area contributed by atoms with Gasteiger partial charge in [-0.1, -0.05) is 12.1 Å². The molecule has 0 aromatic heterocycles. The molecular weight excluding hydrogens is 287 g/mol. The summed E-state index contributed by atoms with van der Waals surface area (Å²) in [6.45, 7) is 0.157. The van der Waals surface area contributed by atoms with E-state index in [4.69, 9.17) is 0 Å². The molecule has 1 aromatic carbocycles. The van der Waals surface area contributed by atoms with Crippen molar-refractivity contribution in [2.75, 3.05) is 18.4 Å². The van der Waals surface area contributed by atoms with Crippen LogP contribution in [0.4, 0.5) is 18.9 Å². The van der Waals surface area contributed by atoms with E-state index < -0.39 is 12.0 Å². The third kappa shape index (κ3) is 2.96. The molecule has 0 unspecified atom stereocenters. The Morgan fingerprint density at radius 3 is 2.48 bits per heavy atom. The van der Waals surface area contributed by atoms with Crippen LogP contribution in [0.1, 0.15) is 23.2 Å². The van der Waals surface area contributed by atoms with Gasteiger partial charge in [0.2, 0.25) is 0 Å². The second-order valence-corrected chi connectivity index (χ2v) is 5.17. The molecule has 1 saturated heterocycles. The van der Waals surface area contributed by atoms with E-state index in [1.165, 1.54) is 0 Å². The smallest absolute Gasteiger partial charge is 0.362 e. The standard InChI is InChI=1S/C13H14F3N3O2/c14-13(15,16)21-19-7-5-12(6-8-19)17-10-4-2-1-3-9(10)11(20)18-12/h1-4,17H,5-8H2,(H,18,20). The summed E-state index contributed by atoms with van der Waals surface area (Å²) in [5.41, 5.74) is 0.528. The third-order valence-corrected chi connectivity index (χ3v) is 3.71. The molecule has 1 spiro atoms. The molecule has 5 nitrogen and oxygen atoms in total. The van der Waals surface area contributed by atoms with Crippen LogP contribution in [0, 0.1) is 0 Å². The first kappa shape index (κ1) is 14.2. The molecular formula is C13H14F3N3O2. The number of nitrogens with one attached hydrogen (secondary N) is 2. The number of carbonyl (C=O) groups excluding carboxylic acids is 1. The van der Waals surface area contributed by atoms with Gasteiger partial charge in [0, 0.05) is 31.6 Å². The summed E-state index contributed by atoms with van der Waals surface area (Å²) in [6.07, 6.45) is -4.04. The summed E-state index contributed by atoms with van der Waals surface area (Å²) in [4.78, 5) is 16.0. The number of hydrogen-bond acceptors (Lipinski definition) is 4. The highest BCUT2D eigenvalue weighted by Crippen LogP contribution is 2.32. The molecule has 2 aliphatic heterocycles. The predicted molar refractivity (Wildman–Crippen MR) is 68.2 cm³/mol. The average Bonchev–Trinajstić information content (AvgIpc) is 2.40. The van der Waals surface area contributed by atoms with Crippen LogP contribution in [0.3, 0.4) is 0 Å². The molecule has 0 saturated carbocycles. The van der Waals surface area contributed by atoms with Crippen LogP contribution in [0.5, 0.6) is 0 Å². The summed E-state index contributed by atoms with van der Waals surface area (Å²) in [5, 5.41) is 6.96. The fourth-order valence-corrected chi connectivity index (χ4v) is 2.72. The maximum absolute atomic E-state index is 12.2. The highest BCUT2D eigenvalue weighted by atomic mass is 19.4. The van der Waals surface area contributed by atoms with Crippen molar-refractivity contribution in [3.63, 3.8) is 0 Å². The summed E-state index contributed by atoms with van der Waals surface area (Å²) in [5.74, 6) is -0.213. The fourth-order valence-electron chi connectivity index (χ4n) is 2.72. The second kappa shape index (κ2) is 4.88. The van der Waals surface area contributed by atoms with Gasteiger partial charge in [-0.15, -0.1) is 13.2 Å². The Kier molecular flexibility index (Phi) is 3.29. The van der Waals surface area contributed by atoms with E-state index in [-0.39, 0.29) is 19.0 Å². The lowest BCUT2D eigenvalue weighted by molar-refractivity contribution is -0.417. The first-order valence-corrected chi connectivity index (χ1v) is 6.57. The lowest BCUT2D eigenvalue weighted by atomic mass is 9.93. The number of piperidine rings is 1. The van der Waals surface area contributed by atoms with Crippen molar-refractivity contribution in [1.82, 2.24) is 10.4 Å². The van der Waals surface area contributed by atoms with Crippen molar-refractivity contribution in [3.8, 4) is 0 Å². The molecule has 0 atom stereocenters. The Labute approximate surface area is 119 Å². The van der Waals surface area contributed by atoms with Gasteiger partial charge >= 0.3 is 6.36 Å². The van der Waals surface area contributed by atoms with Crippen LogP contribution in [0.25, 0.3) is 0 Å². The summed E-state index contributed by atoms with van der Waals surface area (Å²) < 4.78 is 36.6. The number of anilines is 1. The minimum absolute atomic E-state index is 0.0783. The Morgan fingerprint density at radius 2 is 1.81 bits per heavy atom. The summed E-state index contributed by atoms with van der Waals surface area (Å²) >= 11 is 0. The van der Waals surface area contributed by atoms with Crippen LogP contribution in [0.2, 0.25) is 0 Å². The molecule has 2 heterocycles. The number of carbonyl (C=O) groups is 1. The number of nitrogens with zero attached hydrogens (tertiary/aromatic N) is 1. The molecule has 2 N–H and O–H groups in total. The zero-order chi connectivity index (χ0) is 15.1. The highest BCUT2D eigenvalue weighted by molar-refractivity contribution is 6.02. The van der Waals surface area contributed by atoms with Gasteiger partial charge < -0.3 is 10.6 Å². The summed E-state index contributed by atoms with van der Waals surface area (Å²) in [6, 6.07) is 7.05. The van der Waals surface area contributed by atoms with Gasteiger partial charge in [0.15, 0.2) is 0 Å². The van der Waals surface area contributed by atoms with Gasteiger partial charge in [-0.3, -0.25) is 4.79 Å². The van der Waals surface area contributed by atoms with Crippen LogP contribution in [0.15, 0.2) is 24.3 Å². The number of hydroxylamine groups is 2. The third-order valence-electron chi connectivity index (χ3n) is 3.71. The van der Waals surface area contributed by atoms with Crippen LogP contribution in [-0.4, -0.2) is 36.1 Å². The van der Waals surface area contributed by atoms with Gasteiger partial charge in [0.05, 0.1) is 5.56 Å². The lowest BCUT2D eigenvalue weighted by Crippen LogP contribution is -2.62. The first-order chi connectivity index (χ1) is 9.87. The number of benzene rings is 1. The van der Waals surface area contributed by atoms with Gasteiger partial charge in [0.1, 0.15) is 5.66 Å². The van der Waals surface area contributed by atoms with Crippen molar-refractivity contribution in [3.05, 3.63) is 29.8 Å². The number of hydrogen-bond donors (Lipinski definition) is 2. The van der Waals surface area contributed by atoms with Gasteiger partial charge in [0.25, 0.3) is 5.91 Å². The molecule has 21 heavy (non-hydrogen) atoms. The Morgan fingerprint density at radius 1 is 1.14 bits per heavy atom. The SMILES string of the molecule is O=C1NC2(CCN(OC(F)(F)F)CC2)Nc2ccccc21. The quantitative estimate of drug-likeness (QED) is 0.834. The fraction of sp³-hybridized carbons (Fsp3) is 0.462. The molecule has 1 aromatic rings. The van der Waals surface area contributed by atoms with E-state index in [2.05, 4.69) is 15.5 Å². The van der Waals surface area contributed by atoms with Crippen LogP contribution >= 0.6 is 0 Å². The lowest BCUT2D eigenvalue weighted by Gasteiger charge is -2.45. The Balaban J connectivity index is 1.70. The zero-order valence-electron chi connectivity index (χ0n) is 11.0. The Hall–Kier alpha value is -1.80. The van der Waals surface area contributed by atoms with E-state index >= 15 is 0 Å². The van der Waals surface area contributed by atoms with E-state index in [9.17, 15) is 18.0 Å². The number of rotatable bonds is 1. The molecule has 2 aliphatic rings. The monoisotopic (exact) mass is 301 g/mol. The largest absolute Gasteiger partial charge is 0.539 e. The maximum Gasteiger partial charge on any atom is 0.539 e. The molecule has 114 valence electrons. The molecule has 3 rings (SSSR count). The number of amides is 1. The average molecular weight is 301 g/mol. The van der Waals surface area contributed by atoms with Crippen molar-refractivity contribution in [2.45, 2.75) is 24.9 Å². The molecule has 0 radical (unpaired) electrons. The molecule has 0 bridgehead atoms. The second-order valence-electron chi connectivity index (χ2n) is 5.17. The van der Waals surface area contributed by atoms with Crippen LogP contribution < -0.4 is 10.6 Å². The number of fused-ring (bicyclic) bond motifs is 1. The number of halogens is 3. The Bertz CT molecular complexity index is 554. The van der Waals surface area contributed by atoms with Gasteiger partial charge in [-0.25, -0.2) is 4.84 Å². The number of para-hydroxylation sites is 1. The van der Waals surface area contributed by atoms with Crippen molar-refractivity contribution < 1.29 is 22.8 Å². The molecule has 8 heteroatoms. The topological polar surface area (TPSA) is 53.6 Å². The van der Waals surface area contributed by atoms with E-state index in [1.807, 2.05) is 0 Å². The first-order valence-electron chi connectivity index (χ1n) is 6.57. The minimum atomic E-state index is -4.68. The normalized spacial score (nSPS) is 21.6. The minimum Gasteiger partial charge on any atom is -0.362 e. The summed E-state index contributed by atoms with van der Waals surface area (Å²) in [7, 11) is 0. The van der Waals surface area contributed by atoms with Gasteiger partial charge in [-0.2, -0.15) is 5.06 Å². The molecule has 0 aliphatic carbocycles. The molecule has 1 fully saturated rings. The predicted octanol–water partition coefficient (Wildman–Crippen LogP) is 2.09. The van der Waals surface area contributed by atoms with E-state index in [0.29, 0.717) is 24.1 Å². The van der Waals surface area contributed by atoms with E-state index in [0.717, 1.165) is 5.06 Å².